The van der Waals surface area contributed by atoms with E-state index in [0.717, 1.165) is 6.42 Å². The number of carbonyl (C=O) groups excluding carboxylic acids is 1. The number of rotatable bonds is 1. The topological polar surface area (TPSA) is 29.1 Å². The van der Waals surface area contributed by atoms with Crippen molar-refractivity contribution >= 4 is 5.91 Å². The summed E-state index contributed by atoms with van der Waals surface area (Å²) in [5.41, 5.74) is 1.42. The van der Waals surface area contributed by atoms with Crippen molar-refractivity contribution in [3.63, 3.8) is 0 Å². The second-order valence-electron chi connectivity index (χ2n) is 6.72. The molecule has 102 valence electrons. The van der Waals surface area contributed by atoms with Crippen molar-refractivity contribution in [1.29, 1.82) is 0 Å². The Hall–Kier alpha value is -1.31. The summed E-state index contributed by atoms with van der Waals surface area (Å²) in [6.45, 7) is 4.42. The van der Waals surface area contributed by atoms with Gasteiger partial charge < -0.3 is 5.32 Å². The molecule has 0 bridgehead atoms. The van der Waals surface area contributed by atoms with E-state index in [1.807, 2.05) is 0 Å². The van der Waals surface area contributed by atoms with Crippen LogP contribution in [-0.4, -0.2) is 11.4 Å². The van der Waals surface area contributed by atoms with Gasteiger partial charge in [-0.05, 0) is 38.2 Å². The molecule has 1 aliphatic carbocycles. The molecule has 2 nitrogen and oxygen atoms in total. The number of hydrogen-bond acceptors (Lipinski definition) is 1. The average molecular weight is 257 g/mol. The maximum Gasteiger partial charge on any atom is 0.221 e. The van der Waals surface area contributed by atoms with Crippen molar-refractivity contribution in [3.8, 4) is 0 Å². The van der Waals surface area contributed by atoms with Gasteiger partial charge in [0.1, 0.15) is 0 Å². The first kappa shape index (κ1) is 12.7. The van der Waals surface area contributed by atoms with Crippen molar-refractivity contribution in [2.24, 2.45) is 5.41 Å². The zero-order chi connectivity index (χ0) is 13.5. The zero-order valence-corrected chi connectivity index (χ0v) is 11.9. The Bertz CT molecular complexity index is 479. The van der Waals surface area contributed by atoms with Gasteiger partial charge in [0.2, 0.25) is 5.91 Å². The van der Waals surface area contributed by atoms with Crippen LogP contribution in [0.5, 0.6) is 0 Å². The molecule has 19 heavy (non-hydrogen) atoms. The maximum atomic E-state index is 12.0. The first-order valence-corrected chi connectivity index (χ1v) is 7.41. The van der Waals surface area contributed by atoms with E-state index in [-0.39, 0.29) is 16.9 Å². The molecule has 1 heterocycles. The average Bonchev–Trinajstić information content (AvgIpc) is 2.61. The summed E-state index contributed by atoms with van der Waals surface area (Å²) in [7, 11) is 0. The molecular weight excluding hydrogens is 234 g/mol. The van der Waals surface area contributed by atoms with Gasteiger partial charge in [-0.15, -0.1) is 0 Å². The molecule has 2 aliphatic rings. The Morgan fingerprint density at radius 2 is 1.89 bits per heavy atom. The molecule has 1 saturated heterocycles. The van der Waals surface area contributed by atoms with Gasteiger partial charge >= 0.3 is 0 Å². The number of carbonyl (C=O) groups is 1. The number of hydrogen-bond donors (Lipinski definition) is 1. The van der Waals surface area contributed by atoms with Gasteiger partial charge in [-0.25, -0.2) is 0 Å². The van der Waals surface area contributed by atoms with Crippen LogP contribution in [0.3, 0.4) is 0 Å². The third kappa shape index (κ3) is 1.89. The van der Waals surface area contributed by atoms with Crippen LogP contribution in [0.4, 0.5) is 0 Å². The predicted octanol–water partition coefficient (Wildman–Crippen LogP) is 3.63. The van der Waals surface area contributed by atoms with E-state index < -0.39 is 0 Å². The van der Waals surface area contributed by atoms with Gasteiger partial charge in [-0.3, -0.25) is 4.79 Å². The fourth-order valence-electron chi connectivity index (χ4n) is 4.39. The minimum Gasteiger partial charge on any atom is -0.351 e. The molecule has 1 saturated carbocycles. The van der Waals surface area contributed by atoms with Gasteiger partial charge in [-0.2, -0.15) is 0 Å². The van der Waals surface area contributed by atoms with E-state index in [9.17, 15) is 4.79 Å². The predicted molar refractivity (Wildman–Crippen MR) is 76.9 cm³/mol. The Kier molecular flexibility index (Phi) is 2.92. The smallest absolute Gasteiger partial charge is 0.221 e. The van der Waals surface area contributed by atoms with Crippen LogP contribution in [0.15, 0.2) is 30.3 Å². The lowest BCUT2D eigenvalue weighted by Gasteiger charge is -2.49. The van der Waals surface area contributed by atoms with E-state index in [1.54, 1.807) is 0 Å². The summed E-state index contributed by atoms with van der Waals surface area (Å²) in [5.74, 6) is 0.740. The van der Waals surface area contributed by atoms with Crippen molar-refractivity contribution in [3.05, 3.63) is 35.9 Å². The largest absolute Gasteiger partial charge is 0.351 e. The van der Waals surface area contributed by atoms with Crippen molar-refractivity contribution < 1.29 is 4.79 Å². The summed E-state index contributed by atoms with van der Waals surface area (Å²) in [6, 6.07) is 10.8. The van der Waals surface area contributed by atoms with Crippen molar-refractivity contribution in [1.82, 2.24) is 5.32 Å². The SMILES string of the molecule is CC1(C)NC(=O)CC12CCCCC2c1ccccc1. The molecule has 2 atom stereocenters. The highest BCUT2D eigenvalue weighted by Crippen LogP contribution is 2.57. The van der Waals surface area contributed by atoms with E-state index in [4.69, 9.17) is 0 Å². The van der Waals surface area contributed by atoms with Gasteiger partial charge in [-0.1, -0.05) is 43.2 Å². The van der Waals surface area contributed by atoms with E-state index in [1.165, 1.54) is 24.8 Å². The molecule has 1 spiro atoms. The first-order valence-electron chi connectivity index (χ1n) is 7.41. The lowest BCUT2D eigenvalue weighted by atomic mass is 9.56. The highest BCUT2D eigenvalue weighted by molar-refractivity contribution is 5.81. The minimum absolute atomic E-state index is 0.0923. The third-order valence-electron chi connectivity index (χ3n) is 5.41. The highest BCUT2D eigenvalue weighted by atomic mass is 16.2. The van der Waals surface area contributed by atoms with Crippen molar-refractivity contribution in [2.75, 3.05) is 0 Å². The van der Waals surface area contributed by atoms with Crippen LogP contribution >= 0.6 is 0 Å². The van der Waals surface area contributed by atoms with E-state index in [2.05, 4.69) is 49.5 Å². The second kappa shape index (κ2) is 4.36. The molecule has 0 aromatic heterocycles. The van der Waals surface area contributed by atoms with E-state index >= 15 is 0 Å². The van der Waals surface area contributed by atoms with Crippen LogP contribution in [-0.2, 0) is 4.79 Å². The van der Waals surface area contributed by atoms with Crippen LogP contribution < -0.4 is 5.32 Å². The molecule has 3 rings (SSSR count). The molecular formula is C17H23NO. The lowest BCUT2D eigenvalue weighted by molar-refractivity contribution is -0.120. The fraction of sp³-hybridized carbons (Fsp3) is 0.588. The number of amides is 1. The molecule has 2 unspecified atom stereocenters. The van der Waals surface area contributed by atoms with Crippen LogP contribution in [0.1, 0.15) is 57.4 Å². The molecule has 1 N–H and O–H groups in total. The first-order chi connectivity index (χ1) is 9.05. The molecule has 1 aromatic carbocycles. The van der Waals surface area contributed by atoms with Crippen LogP contribution in [0, 0.1) is 5.41 Å². The van der Waals surface area contributed by atoms with Gasteiger partial charge in [0, 0.05) is 17.4 Å². The van der Waals surface area contributed by atoms with E-state index in [0.29, 0.717) is 12.3 Å². The molecule has 1 amide bonds. The Morgan fingerprint density at radius 3 is 2.53 bits per heavy atom. The third-order valence-corrected chi connectivity index (χ3v) is 5.41. The van der Waals surface area contributed by atoms with Gasteiger partial charge in [0.25, 0.3) is 0 Å². The molecule has 2 heteroatoms. The Labute approximate surface area is 115 Å². The second-order valence-corrected chi connectivity index (χ2v) is 6.72. The van der Waals surface area contributed by atoms with Crippen LogP contribution in [0.25, 0.3) is 0 Å². The lowest BCUT2D eigenvalue weighted by Crippen LogP contribution is -2.51. The maximum absolute atomic E-state index is 12.0. The normalized spacial score (nSPS) is 33.4. The summed E-state index contributed by atoms with van der Waals surface area (Å²) >= 11 is 0. The molecule has 0 radical (unpaired) electrons. The molecule has 2 fully saturated rings. The van der Waals surface area contributed by atoms with Gasteiger partial charge in [0.15, 0.2) is 0 Å². The molecule has 1 aromatic rings. The Morgan fingerprint density at radius 1 is 1.16 bits per heavy atom. The quantitative estimate of drug-likeness (QED) is 0.818. The number of nitrogens with one attached hydrogen (secondary N) is 1. The fourth-order valence-corrected chi connectivity index (χ4v) is 4.39. The molecule has 1 aliphatic heterocycles. The highest BCUT2D eigenvalue weighted by Gasteiger charge is 2.57. The van der Waals surface area contributed by atoms with Gasteiger partial charge in [0.05, 0.1) is 0 Å². The van der Waals surface area contributed by atoms with Crippen molar-refractivity contribution in [2.45, 2.75) is 57.4 Å². The zero-order valence-electron chi connectivity index (χ0n) is 11.9. The van der Waals surface area contributed by atoms with Crippen LogP contribution in [0.2, 0.25) is 0 Å². The summed E-state index contributed by atoms with van der Waals surface area (Å²) < 4.78 is 0. The summed E-state index contributed by atoms with van der Waals surface area (Å²) in [5, 5.41) is 3.21. The monoisotopic (exact) mass is 257 g/mol. The standard InChI is InChI=1S/C17H23NO/c1-16(2)17(12-15(19)18-16)11-7-6-10-14(17)13-8-4-3-5-9-13/h3-5,8-9,14H,6-7,10-12H2,1-2H3,(H,18,19). The summed E-state index contributed by atoms with van der Waals surface area (Å²) in [6.07, 6.45) is 5.60. The number of benzene rings is 1. The summed E-state index contributed by atoms with van der Waals surface area (Å²) in [4.78, 5) is 12.0. The Balaban J connectivity index is 2.04. The minimum atomic E-state index is -0.0923.